The van der Waals surface area contributed by atoms with Crippen molar-refractivity contribution >= 4 is 34.1 Å². The lowest BCUT2D eigenvalue weighted by Gasteiger charge is -2.34. The van der Waals surface area contributed by atoms with Crippen molar-refractivity contribution in [3.63, 3.8) is 0 Å². The van der Waals surface area contributed by atoms with Gasteiger partial charge < -0.3 is 9.80 Å². The molecule has 4 aliphatic rings. The van der Waals surface area contributed by atoms with E-state index in [9.17, 15) is 0 Å². The van der Waals surface area contributed by atoms with E-state index >= 15 is 0 Å². The average Bonchev–Trinajstić information content (AvgIpc) is 1.55. The molecule has 0 heterocycles. The van der Waals surface area contributed by atoms with Crippen molar-refractivity contribution in [3.8, 4) is 100 Å². The Balaban J connectivity index is 0.655. The van der Waals surface area contributed by atoms with Crippen LogP contribution in [0.15, 0.2) is 425 Å². The lowest BCUT2D eigenvalue weighted by molar-refractivity contribution is 0.660. The smallest absolute Gasteiger partial charge is 0.0713 e. The Labute approximate surface area is 705 Å². The fraction of sp³-hybridized carbons (Fsp3) is 0.0847. The number of nitrogens with zero attached hydrogens (tertiary/aromatic N) is 2. The van der Waals surface area contributed by atoms with Crippen LogP contribution in [-0.2, 0) is 21.7 Å². The van der Waals surface area contributed by atoms with Crippen LogP contribution < -0.4 is 9.80 Å². The molecule has 2 nitrogen and oxygen atoms in total. The van der Waals surface area contributed by atoms with Crippen molar-refractivity contribution in [1.29, 1.82) is 0 Å². The first-order chi connectivity index (χ1) is 58.8. The Morgan fingerprint density at radius 3 is 0.750 bits per heavy atom. The van der Waals surface area contributed by atoms with Crippen molar-refractivity contribution < 1.29 is 0 Å². The highest BCUT2D eigenvalue weighted by atomic mass is 15.2. The normalized spacial score (nSPS) is 14.0. The molecule has 0 amide bonds. The highest BCUT2D eigenvalue weighted by Crippen LogP contribution is 2.61. The van der Waals surface area contributed by atoms with E-state index in [4.69, 9.17) is 0 Å². The van der Waals surface area contributed by atoms with Gasteiger partial charge >= 0.3 is 0 Å². The van der Waals surface area contributed by atoms with E-state index in [-0.39, 0.29) is 10.8 Å². The van der Waals surface area contributed by atoms with Crippen molar-refractivity contribution in [2.24, 2.45) is 0 Å². The number of rotatable bonds is 15. The third kappa shape index (κ3) is 11.1. The molecule has 18 aromatic carbocycles. The van der Waals surface area contributed by atoms with E-state index < -0.39 is 10.8 Å². The van der Waals surface area contributed by atoms with Crippen LogP contribution in [0.5, 0.6) is 0 Å². The Morgan fingerprint density at radius 1 is 0.167 bits per heavy atom. The van der Waals surface area contributed by atoms with Gasteiger partial charge in [0.25, 0.3) is 0 Å². The highest BCUT2D eigenvalue weighted by molar-refractivity contribution is 5.97. The summed E-state index contributed by atoms with van der Waals surface area (Å²) in [6.07, 6.45) is 0. The van der Waals surface area contributed by atoms with Crippen LogP contribution in [0.25, 0.3) is 100 Å². The minimum atomic E-state index is -0.511. The summed E-state index contributed by atoms with van der Waals surface area (Å²) in [6.45, 7) is 14.1. The van der Waals surface area contributed by atoms with Crippen LogP contribution >= 0.6 is 0 Å². The van der Waals surface area contributed by atoms with Gasteiger partial charge in [-0.05, 0) is 266 Å². The van der Waals surface area contributed by atoms with E-state index in [0.717, 1.165) is 78.6 Å². The van der Waals surface area contributed by atoms with Gasteiger partial charge in [0.05, 0.1) is 22.2 Å². The molecule has 0 N–H and O–H groups in total. The standard InChI is InChI=1S/C118H88N2/c1-77-71-81(59-69-111(77)119(113-49-29-23-39-93(113)85-57-67-99-95-41-19-25-45-103(95)115(3,4)107(99)75-85)91-61-51-79(52-62-91)83-55-65-101-97-43-21-27-47-105(97)117(109(101)73-83,87-31-11-7-12-32-87)88-33-13-8-14-34-88)82-60-70-112(78(2)72-82)120(114-50-30-24-40-94(114)86-58-68-100-96-42-20-26-46-104(96)116(5,6)108(100)76-86)92-63-53-80(54-64-92)84-56-66-102-98-44-22-28-48-106(98)118(110(102)74-84,89-35-15-9-16-36-89)90-37-17-10-18-38-90/h7-76H,1-6H3. The molecule has 18 aromatic rings. The Bertz CT molecular complexity index is 6580. The second-order valence-corrected chi connectivity index (χ2v) is 34.2. The summed E-state index contributed by atoms with van der Waals surface area (Å²) in [5, 5.41) is 0. The summed E-state index contributed by atoms with van der Waals surface area (Å²) in [5.74, 6) is 0. The molecule has 570 valence electrons. The van der Waals surface area contributed by atoms with Gasteiger partial charge in [0.15, 0.2) is 0 Å². The molecule has 2 heteroatoms. The quantitative estimate of drug-likeness (QED) is 0.101. The van der Waals surface area contributed by atoms with E-state index in [1.54, 1.807) is 0 Å². The fourth-order valence-electron chi connectivity index (χ4n) is 21.4. The monoisotopic (exact) mass is 1530 g/mol. The predicted molar refractivity (Wildman–Crippen MR) is 502 cm³/mol. The highest BCUT2D eigenvalue weighted by Gasteiger charge is 2.48. The zero-order valence-corrected chi connectivity index (χ0v) is 68.3. The van der Waals surface area contributed by atoms with Crippen LogP contribution in [0, 0.1) is 13.8 Å². The van der Waals surface area contributed by atoms with Crippen molar-refractivity contribution in [2.75, 3.05) is 9.80 Å². The molecular weight excluding hydrogens is 1450 g/mol. The molecule has 22 rings (SSSR count). The molecule has 0 saturated carbocycles. The molecule has 0 aromatic heterocycles. The molecule has 0 radical (unpaired) electrons. The summed E-state index contributed by atoms with van der Waals surface area (Å²) >= 11 is 0. The van der Waals surface area contributed by atoms with Gasteiger partial charge in [0, 0.05) is 44.7 Å². The third-order valence-electron chi connectivity index (χ3n) is 27.1. The maximum atomic E-state index is 2.50. The molecule has 0 fully saturated rings. The zero-order chi connectivity index (χ0) is 80.6. The first kappa shape index (κ1) is 72.1. The number of anilines is 6. The molecule has 0 atom stereocenters. The van der Waals surface area contributed by atoms with E-state index in [1.165, 1.54) is 134 Å². The summed E-state index contributed by atoms with van der Waals surface area (Å²) in [4.78, 5) is 5.00. The molecule has 120 heavy (non-hydrogen) atoms. The van der Waals surface area contributed by atoms with Crippen LogP contribution in [-0.4, -0.2) is 0 Å². The zero-order valence-electron chi connectivity index (χ0n) is 68.3. The van der Waals surface area contributed by atoms with Crippen LogP contribution in [0.3, 0.4) is 0 Å². The number of aryl methyl sites for hydroxylation is 2. The first-order valence-electron chi connectivity index (χ1n) is 42.3. The molecule has 4 aliphatic carbocycles. The van der Waals surface area contributed by atoms with Gasteiger partial charge in [0.1, 0.15) is 0 Å². The Hall–Kier alpha value is -14.4. The van der Waals surface area contributed by atoms with Gasteiger partial charge in [-0.1, -0.05) is 367 Å². The third-order valence-corrected chi connectivity index (χ3v) is 27.1. The van der Waals surface area contributed by atoms with Gasteiger partial charge in [-0.3, -0.25) is 0 Å². The predicted octanol–water partition coefficient (Wildman–Crippen LogP) is 30.9. The van der Waals surface area contributed by atoms with Gasteiger partial charge in [-0.2, -0.15) is 0 Å². The minimum absolute atomic E-state index is 0.166. The van der Waals surface area contributed by atoms with Gasteiger partial charge in [-0.25, -0.2) is 0 Å². The largest absolute Gasteiger partial charge is 0.310 e. The Morgan fingerprint density at radius 2 is 0.408 bits per heavy atom. The second kappa shape index (κ2) is 28.2. The minimum Gasteiger partial charge on any atom is -0.310 e. The fourth-order valence-corrected chi connectivity index (χ4v) is 21.4. The maximum Gasteiger partial charge on any atom is 0.0713 e. The first-order valence-corrected chi connectivity index (χ1v) is 42.3. The van der Waals surface area contributed by atoms with E-state index in [0.29, 0.717) is 0 Å². The second-order valence-electron chi connectivity index (χ2n) is 34.2. The van der Waals surface area contributed by atoms with Crippen molar-refractivity contribution in [2.45, 2.75) is 63.2 Å². The summed E-state index contributed by atoms with van der Waals surface area (Å²) in [7, 11) is 0. The van der Waals surface area contributed by atoms with Gasteiger partial charge in [0.2, 0.25) is 0 Å². The van der Waals surface area contributed by atoms with E-state index in [1.807, 2.05) is 0 Å². The topological polar surface area (TPSA) is 6.48 Å². The number of benzene rings is 18. The molecule has 0 saturated heterocycles. The van der Waals surface area contributed by atoms with Crippen LogP contribution in [0.4, 0.5) is 34.1 Å². The maximum absolute atomic E-state index is 2.50. The Kier molecular flexibility index (Phi) is 16.9. The number of hydrogen-bond donors (Lipinski definition) is 0. The number of para-hydroxylation sites is 2. The molecule has 0 spiro atoms. The van der Waals surface area contributed by atoms with Gasteiger partial charge in [-0.15, -0.1) is 0 Å². The number of hydrogen-bond acceptors (Lipinski definition) is 2. The number of fused-ring (bicyclic) bond motifs is 12. The lowest BCUT2D eigenvalue weighted by Crippen LogP contribution is -2.28. The van der Waals surface area contributed by atoms with Crippen LogP contribution in [0.2, 0.25) is 0 Å². The molecular formula is C118H88N2. The molecule has 0 unspecified atom stereocenters. The average molecular weight is 1530 g/mol. The van der Waals surface area contributed by atoms with Crippen molar-refractivity contribution in [3.05, 3.63) is 503 Å². The summed E-state index contributed by atoms with van der Waals surface area (Å²) < 4.78 is 0. The molecule has 0 bridgehead atoms. The van der Waals surface area contributed by atoms with Crippen LogP contribution in [0.1, 0.15) is 106 Å². The summed E-state index contributed by atoms with van der Waals surface area (Å²) in [5.41, 5.74) is 45.2. The molecule has 0 aliphatic heterocycles. The summed E-state index contributed by atoms with van der Waals surface area (Å²) in [6, 6.07) is 160. The van der Waals surface area contributed by atoms with E-state index in [2.05, 4.69) is 476 Å². The lowest BCUT2D eigenvalue weighted by atomic mass is 9.67. The SMILES string of the molecule is Cc1cc(-c2ccc(N(c3ccc(-c4ccc5c(c4)C(c4ccccc4)(c4ccccc4)c4ccccc4-5)cc3)c3ccccc3-c3ccc4c(c3)C(C)(C)c3ccccc3-4)c(C)c2)ccc1N(c1ccc(-c2ccc3c(c2)C(c2ccccc2)(c2ccccc2)c2ccccc2-3)cc1)c1ccccc1-c1ccc2c(c1)C(C)(C)c1ccccc1-2. The van der Waals surface area contributed by atoms with Crippen molar-refractivity contribution in [1.82, 2.24) is 0 Å².